The molecule has 1 aromatic carbocycles. The van der Waals surface area contributed by atoms with Gasteiger partial charge < -0.3 is 0 Å². The molecule has 2 aromatic rings. The number of benzene rings is 1. The van der Waals surface area contributed by atoms with Crippen LogP contribution in [0.1, 0.15) is 28.9 Å². The van der Waals surface area contributed by atoms with Crippen molar-refractivity contribution in [3.8, 4) is 0 Å². The van der Waals surface area contributed by atoms with E-state index in [0.29, 0.717) is 12.1 Å². The van der Waals surface area contributed by atoms with Crippen LogP contribution in [0.2, 0.25) is 0 Å². The fourth-order valence-corrected chi connectivity index (χ4v) is 2.15. The maximum atomic E-state index is 11.7. The van der Waals surface area contributed by atoms with Gasteiger partial charge in [0.2, 0.25) is 0 Å². The van der Waals surface area contributed by atoms with Gasteiger partial charge in [-0.1, -0.05) is 18.2 Å². The fourth-order valence-electron chi connectivity index (χ4n) is 2.15. The molecule has 2 nitrogen and oxygen atoms in total. The van der Waals surface area contributed by atoms with Crippen molar-refractivity contribution in [2.24, 2.45) is 0 Å². The third-order valence-corrected chi connectivity index (χ3v) is 2.92. The summed E-state index contributed by atoms with van der Waals surface area (Å²) in [6.07, 6.45) is 2.60. The Balaban J connectivity index is 2.32. The van der Waals surface area contributed by atoms with Gasteiger partial charge in [0.05, 0.1) is 5.52 Å². The van der Waals surface area contributed by atoms with Crippen LogP contribution in [0.5, 0.6) is 0 Å². The lowest BCUT2D eigenvalue weighted by atomic mass is 9.94. The summed E-state index contributed by atoms with van der Waals surface area (Å²) in [5, 5.41) is 1.13. The molecule has 15 heavy (non-hydrogen) atoms. The summed E-state index contributed by atoms with van der Waals surface area (Å²) in [6, 6.07) is 10.1. The Morgan fingerprint density at radius 3 is 2.93 bits per heavy atom. The minimum atomic E-state index is 0.196. The standard InChI is InChI=1S/C13H11NO/c15-12-7-3-5-10-8-9-4-1-2-6-11(9)14-13(10)12/h1-2,4,6,8H,3,5,7H2. The molecule has 1 aromatic heterocycles. The predicted molar refractivity (Wildman–Crippen MR) is 59.0 cm³/mol. The van der Waals surface area contributed by atoms with Crippen LogP contribution in [0.3, 0.4) is 0 Å². The Morgan fingerprint density at radius 1 is 1.13 bits per heavy atom. The summed E-state index contributed by atoms with van der Waals surface area (Å²) in [4.78, 5) is 16.1. The number of carbonyl (C=O) groups excluding carboxylic acids is 1. The summed E-state index contributed by atoms with van der Waals surface area (Å²) in [5.41, 5.74) is 2.73. The van der Waals surface area contributed by atoms with E-state index in [1.807, 2.05) is 24.3 Å². The molecular weight excluding hydrogens is 186 g/mol. The molecule has 0 saturated carbocycles. The second-order valence-electron chi connectivity index (χ2n) is 3.97. The molecule has 0 N–H and O–H groups in total. The molecule has 0 saturated heterocycles. The van der Waals surface area contributed by atoms with E-state index in [1.165, 1.54) is 0 Å². The maximum absolute atomic E-state index is 11.7. The fraction of sp³-hybridized carbons (Fsp3) is 0.231. The van der Waals surface area contributed by atoms with E-state index in [9.17, 15) is 4.79 Å². The molecule has 74 valence electrons. The Kier molecular flexibility index (Phi) is 1.81. The van der Waals surface area contributed by atoms with E-state index >= 15 is 0 Å². The first-order valence-electron chi connectivity index (χ1n) is 5.26. The van der Waals surface area contributed by atoms with Gasteiger partial charge >= 0.3 is 0 Å². The Labute approximate surface area is 87.9 Å². The third kappa shape index (κ3) is 1.33. The van der Waals surface area contributed by atoms with Crippen LogP contribution in [0, 0.1) is 0 Å². The number of pyridine rings is 1. The van der Waals surface area contributed by atoms with Crippen molar-refractivity contribution in [1.82, 2.24) is 4.98 Å². The van der Waals surface area contributed by atoms with Gasteiger partial charge in [0, 0.05) is 11.8 Å². The number of fused-ring (bicyclic) bond motifs is 2. The summed E-state index contributed by atoms with van der Waals surface area (Å²) >= 11 is 0. The van der Waals surface area contributed by atoms with E-state index in [4.69, 9.17) is 0 Å². The van der Waals surface area contributed by atoms with Crippen LogP contribution in [-0.2, 0) is 6.42 Å². The highest BCUT2D eigenvalue weighted by molar-refractivity contribution is 5.99. The van der Waals surface area contributed by atoms with E-state index < -0.39 is 0 Å². The molecule has 0 fully saturated rings. The minimum Gasteiger partial charge on any atom is -0.292 e. The van der Waals surface area contributed by atoms with Crippen molar-refractivity contribution < 1.29 is 4.79 Å². The first-order valence-corrected chi connectivity index (χ1v) is 5.26. The van der Waals surface area contributed by atoms with Gasteiger partial charge in [-0.05, 0) is 30.5 Å². The molecule has 3 rings (SSSR count). The molecule has 1 aliphatic carbocycles. The first kappa shape index (κ1) is 8.60. The first-order chi connectivity index (χ1) is 7.34. The molecule has 0 aliphatic heterocycles. The van der Waals surface area contributed by atoms with Crippen molar-refractivity contribution in [2.75, 3.05) is 0 Å². The summed E-state index contributed by atoms with van der Waals surface area (Å²) in [7, 11) is 0. The molecule has 0 unspecified atom stereocenters. The number of hydrogen-bond acceptors (Lipinski definition) is 2. The largest absolute Gasteiger partial charge is 0.292 e. The highest BCUT2D eigenvalue weighted by Crippen LogP contribution is 2.23. The monoisotopic (exact) mass is 197 g/mol. The molecule has 1 aliphatic rings. The van der Waals surface area contributed by atoms with E-state index in [2.05, 4.69) is 11.1 Å². The van der Waals surface area contributed by atoms with E-state index in [0.717, 1.165) is 29.3 Å². The molecule has 0 spiro atoms. The van der Waals surface area contributed by atoms with Gasteiger partial charge in [-0.3, -0.25) is 4.79 Å². The Bertz CT molecular complexity index is 545. The summed E-state index contributed by atoms with van der Waals surface area (Å²) in [6.45, 7) is 0. The zero-order valence-corrected chi connectivity index (χ0v) is 8.36. The number of nitrogens with zero attached hydrogens (tertiary/aromatic N) is 1. The number of hydrogen-bond donors (Lipinski definition) is 0. The van der Waals surface area contributed by atoms with Crippen LogP contribution >= 0.6 is 0 Å². The molecule has 0 amide bonds. The van der Waals surface area contributed by atoms with E-state index in [-0.39, 0.29) is 5.78 Å². The highest BCUT2D eigenvalue weighted by atomic mass is 16.1. The van der Waals surface area contributed by atoms with Crippen LogP contribution < -0.4 is 0 Å². The number of aryl methyl sites for hydroxylation is 1. The zero-order valence-electron chi connectivity index (χ0n) is 8.36. The van der Waals surface area contributed by atoms with Crippen LogP contribution in [-0.4, -0.2) is 10.8 Å². The van der Waals surface area contributed by atoms with Gasteiger partial charge in [0.25, 0.3) is 0 Å². The van der Waals surface area contributed by atoms with Gasteiger partial charge in [0.15, 0.2) is 5.78 Å². The van der Waals surface area contributed by atoms with Crippen molar-refractivity contribution in [3.63, 3.8) is 0 Å². The number of Topliss-reactive ketones (excluding diaryl/α,β-unsaturated/α-hetero) is 1. The molecule has 1 heterocycles. The molecule has 0 bridgehead atoms. The quantitative estimate of drug-likeness (QED) is 0.650. The number of para-hydroxylation sites is 1. The van der Waals surface area contributed by atoms with Crippen molar-refractivity contribution in [3.05, 3.63) is 41.6 Å². The smallest absolute Gasteiger partial charge is 0.181 e. The molecule has 2 heteroatoms. The summed E-state index contributed by atoms with van der Waals surface area (Å²) < 4.78 is 0. The average Bonchev–Trinajstić information content (AvgIpc) is 2.27. The Hall–Kier alpha value is -1.70. The molecular formula is C13H11NO. The number of ketones is 1. The maximum Gasteiger partial charge on any atom is 0.181 e. The molecule has 0 atom stereocenters. The second-order valence-corrected chi connectivity index (χ2v) is 3.97. The van der Waals surface area contributed by atoms with Crippen molar-refractivity contribution in [1.29, 1.82) is 0 Å². The summed E-state index contributed by atoms with van der Waals surface area (Å²) in [5.74, 6) is 0.196. The average molecular weight is 197 g/mol. The molecule has 0 radical (unpaired) electrons. The topological polar surface area (TPSA) is 30.0 Å². The lowest BCUT2D eigenvalue weighted by molar-refractivity contribution is 0.0967. The van der Waals surface area contributed by atoms with E-state index in [1.54, 1.807) is 0 Å². The number of carbonyl (C=O) groups is 1. The highest BCUT2D eigenvalue weighted by Gasteiger charge is 2.18. The zero-order chi connectivity index (χ0) is 10.3. The lowest BCUT2D eigenvalue weighted by Crippen LogP contribution is -2.12. The third-order valence-electron chi connectivity index (χ3n) is 2.92. The van der Waals surface area contributed by atoms with Crippen LogP contribution in [0.15, 0.2) is 30.3 Å². The van der Waals surface area contributed by atoms with Gasteiger partial charge in [0.1, 0.15) is 5.69 Å². The number of aromatic nitrogens is 1. The van der Waals surface area contributed by atoms with Crippen molar-refractivity contribution in [2.45, 2.75) is 19.3 Å². The minimum absolute atomic E-state index is 0.196. The SMILES string of the molecule is O=C1CCCc2cc3ccccc3nc21. The van der Waals surface area contributed by atoms with Gasteiger partial charge in [-0.15, -0.1) is 0 Å². The normalized spacial score (nSPS) is 15.3. The van der Waals surface area contributed by atoms with Crippen molar-refractivity contribution >= 4 is 16.7 Å². The predicted octanol–water partition coefficient (Wildman–Crippen LogP) is 2.75. The van der Waals surface area contributed by atoms with Gasteiger partial charge in [-0.2, -0.15) is 0 Å². The lowest BCUT2D eigenvalue weighted by Gasteiger charge is -2.14. The van der Waals surface area contributed by atoms with Gasteiger partial charge in [-0.25, -0.2) is 4.98 Å². The van der Waals surface area contributed by atoms with Crippen LogP contribution in [0.4, 0.5) is 0 Å². The second kappa shape index (κ2) is 3.16. The number of rotatable bonds is 0. The van der Waals surface area contributed by atoms with Crippen LogP contribution in [0.25, 0.3) is 10.9 Å². The Morgan fingerprint density at radius 2 is 2.00 bits per heavy atom.